The fourth-order valence-electron chi connectivity index (χ4n) is 5.36. The van der Waals surface area contributed by atoms with Crippen LogP contribution in [0.4, 0.5) is 0 Å². The number of aromatic amines is 1. The van der Waals surface area contributed by atoms with Gasteiger partial charge < -0.3 is 14.6 Å². The van der Waals surface area contributed by atoms with Crippen LogP contribution in [0.1, 0.15) is 63.0 Å². The van der Waals surface area contributed by atoms with Crippen molar-refractivity contribution in [2.24, 2.45) is 11.8 Å². The predicted molar refractivity (Wildman–Crippen MR) is 116 cm³/mol. The lowest BCUT2D eigenvalue weighted by atomic mass is 9.86. The molecule has 0 atom stereocenters. The van der Waals surface area contributed by atoms with Crippen LogP contribution in [0.3, 0.4) is 0 Å². The van der Waals surface area contributed by atoms with Gasteiger partial charge in [-0.25, -0.2) is 4.79 Å². The number of hydrogen-bond donors (Lipinski definition) is 1. The van der Waals surface area contributed by atoms with Crippen molar-refractivity contribution >= 4 is 11.0 Å². The summed E-state index contributed by atoms with van der Waals surface area (Å²) < 4.78 is 8.12. The van der Waals surface area contributed by atoms with Gasteiger partial charge in [-0.05, 0) is 87.8 Å². The highest BCUT2D eigenvalue weighted by Crippen LogP contribution is 2.33. The van der Waals surface area contributed by atoms with E-state index < -0.39 is 0 Å². The largest absolute Gasteiger partial charge is 0.378 e. The Morgan fingerprint density at radius 1 is 1.00 bits per heavy atom. The van der Waals surface area contributed by atoms with E-state index in [4.69, 9.17) is 4.74 Å². The van der Waals surface area contributed by atoms with Crippen LogP contribution in [0.2, 0.25) is 0 Å². The molecule has 2 heterocycles. The van der Waals surface area contributed by atoms with E-state index in [1.54, 1.807) is 0 Å². The Balaban J connectivity index is 1.12. The maximum absolute atomic E-state index is 12.6. The molecule has 0 spiro atoms. The van der Waals surface area contributed by atoms with Crippen LogP contribution < -0.4 is 5.69 Å². The lowest BCUT2D eigenvalue weighted by molar-refractivity contribution is 0.00731. The van der Waals surface area contributed by atoms with Crippen molar-refractivity contribution in [2.75, 3.05) is 26.2 Å². The number of piperidine rings is 1. The second-order valence-corrected chi connectivity index (χ2v) is 9.77. The van der Waals surface area contributed by atoms with Crippen LogP contribution in [-0.4, -0.2) is 46.8 Å². The molecule has 3 aliphatic rings. The number of rotatable bonds is 6. The predicted octanol–water partition coefficient (Wildman–Crippen LogP) is 4.26. The summed E-state index contributed by atoms with van der Waals surface area (Å²) in [5.41, 5.74) is 3.29. The van der Waals surface area contributed by atoms with Crippen molar-refractivity contribution in [1.29, 1.82) is 0 Å². The van der Waals surface area contributed by atoms with Gasteiger partial charge in [-0.2, -0.15) is 0 Å². The highest BCUT2D eigenvalue weighted by molar-refractivity contribution is 5.76. The summed E-state index contributed by atoms with van der Waals surface area (Å²) in [5.74, 6) is 1.70. The summed E-state index contributed by atoms with van der Waals surface area (Å²) in [6.07, 6.45) is 10.6. The first-order valence-electron chi connectivity index (χ1n) is 11.7. The third-order valence-electron chi connectivity index (χ3n) is 7.37. The number of ether oxygens (including phenoxy) is 1. The fraction of sp³-hybridized carbons (Fsp3) is 0.708. The number of hydrogen-bond acceptors (Lipinski definition) is 3. The van der Waals surface area contributed by atoms with Gasteiger partial charge in [-0.1, -0.05) is 6.07 Å². The molecule has 2 aliphatic carbocycles. The molecule has 1 aromatic carbocycles. The van der Waals surface area contributed by atoms with Crippen LogP contribution in [0, 0.1) is 18.8 Å². The van der Waals surface area contributed by atoms with Crippen molar-refractivity contribution < 1.29 is 4.74 Å². The Morgan fingerprint density at radius 3 is 2.45 bits per heavy atom. The van der Waals surface area contributed by atoms with Gasteiger partial charge in [-0.3, -0.25) is 4.57 Å². The summed E-state index contributed by atoms with van der Waals surface area (Å²) in [6, 6.07) is 6.56. The second-order valence-electron chi connectivity index (χ2n) is 9.77. The van der Waals surface area contributed by atoms with E-state index in [9.17, 15) is 4.79 Å². The standard InChI is InChI=1S/C24H35N3O2/c1-17-2-9-22-23(14-17)27(24(28)25-22)20-10-12-26(13-11-20)15-18-5-7-21(8-6-18)29-16-19-3-4-19/h2,9,14,18-21H,3-8,10-13,15-16H2,1H3,(H,25,28). The van der Waals surface area contributed by atoms with Crippen LogP contribution in [0.5, 0.6) is 0 Å². The molecule has 5 nitrogen and oxygen atoms in total. The van der Waals surface area contributed by atoms with Gasteiger partial charge in [0.25, 0.3) is 0 Å². The van der Waals surface area contributed by atoms with Gasteiger partial charge in [0, 0.05) is 32.3 Å². The van der Waals surface area contributed by atoms with Crippen molar-refractivity contribution in [3.63, 3.8) is 0 Å². The lowest BCUT2D eigenvalue weighted by Crippen LogP contribution is -2.40. The van der Waals surface area contributed by atoms with Crippen molar-refractivity contribution in [1.82, 2.24) is 14.5 Å². The molecule has 0 amide bonds. The zero-order valence-electron chi connectivity index (χ0n) is 17.7. The van der Waals surface area contributed by atoms with E-state index in [0.29, 0.717) is 12.1 Å². The maximum atomic E-state index is 12.6. The molecular formula is C24H35N3O2. The Morgan fingerprint density at radius 2 is 1.72 bits per heavy atom. The molecule has 1 aromatic heterocycles. The molecule has 2 saturated carbocycles. The van der Waals surface area contributed by atoms with Gasteiger partial charge >= 0.3 is 5.69 Å². The summed E-state index contributed by atoms with van der Waals surface area (Å²) in [6.45, 7) is 6.54. The van der Waals surface area contributed by atoms with Crippen LogP contribution in [0.25, 0.3) is 11.0 Å². The quantitative estimate of drug-likeness (QED) is 0.792. The average Bonchev–Trinajstić information content (AvgIpc) is 3.50. The normalized spacial score (nSPS) is 26.9. The monoisotopic (exact) mass is 397 g/mol. The summed E-state index contributed by atoms with van der Waals surface area (Å²) in [5, 5.41) is 0. The third-order valence-corrected chi connectivity index (χ3v) is 7.37. The van der Waals surface area contributed by atoms with E-state index in [1.165, 1.54) is 50.6 Å². The van der Waals surface area contributed by atoms with Crippen molar-refractivity contribution in [3.8, 4) is 0 Å². The number of nitrogens with zero attached hydrogens (tertiary/aromatic N) is 2. The number of aryl methyl sites for hydroxylation is 1. The van der Waals surface area contributed by atoms with Gasteiger partial charge in [0.05, 0.1) is 17.1 Å². The zero-order valence-corrected chi connectivity index (χ0v) is 17.7. The van der Waals surface area contributed by atoms with Crippen LogP contribution >= 0.6 is 0 Å². The summed E-state index contributed by atoms with van der Waals surface area (Å²) in [4.78, 5) is 18.2. The van der Waals surface area contributed by atoms with E-state index in [-0.39, 0.29) is 5.69 Å². The molecule has 0 radical (unpaired) electrons. The molecule has 5 rings (SSSR count). The molecule has 5 heteroatoms. The fourth-order valence-corrected chi connectivity index (χ4v) is 5.36. The smallest absolute Gasteiger partial charge is 0.326 e. The minimum atomic E-state index is 0.0496. The minimum Gasteiger partial charge on any atom is -0.378 e. The highest BCUT2D eigenvalue weighted by atomic mass is 16.5. The number of fused-ring (bicyclic) bond motifs is 1. The molecule has 158 valence electrons. The molecule has 1 aliphatic heterocycles. The minimum absolute atomic E-state index is 0.0496. The molecule has 29 heavy (non-hydrogen) atoms. The Kier molecular flexibility index (Phi) is 5.53. The van der Waals surface area contributed by atoms with E-state index in [0.717, 1.165) is 55.4 Å². The summed E-state index contributed by atoms with van der Waals surface area (Å²) >= 11 is 0. The number of imidazole rings is 1. The SMILES string of the molecule is Cc1ccc2[nH]c(=O)n(C3CCN(CC4CCC(OCC5CC5)CC4)CC3)c2c1. The average molecular weight is 398 g/mol. The van der Waals surface area contributed by atoms with Gasteiger partial charge in [0.2, 0.25) is 0 Å². The Bertz CT molecular complexity index is 881. The van der Waals surface area contributed by atoms with Gasteiger partial charge in [0.15, 0.2) is 0 Å². The van der Waals surface area contributed by atoms with Crippen LogP contribution in [0.15, 0.2) is 23.0 Å². The van der Waals surface area contributed by atoms with Crippen molar-refractivity contribution in [2.45, 2.75) is 70.4 Å². The molecule has 0 bridgehead atoms. The first-order chi connectivity index (χ1) is 14.2. The molecule has 1 saturated heterocycles. The third kappa shape index (κ3) is 4.46. The number of aromatic nitrogens is 2. The number of benzene rings is 1. The molecular weight excluding hydrogens is 362 g/mol. The zero-order chi connectivity index (χ0) is 19.8. The molecule has 0 unspecified atom stereocenters. The topological polar surface area (TPSA) is 50.3 Å². The maximum Gasteiger partial charge on any atom is 0.326 e. The first kappa shape index (κ1) is 19.4. The van der Waals surface area contributed by atoms with E-state index in [2.05, 4.69) is 28.9 Å². The number of likely N-dealkylation sites (tertiary alicyclic amines) is 1. The van der Waals surface area contributed by atoms with Crippen molar-refractivity contribution in [3.05, 3.63) is 34.2 Å². The van der Waals surface area contributed by atoms with E-state index >= 15 is 0 Å². The van der Waals surface area contributed by atoms with Crippen LogP contribution in [-0.2, 0) is 4.74 Å². The second kappa shape index (κ2) is 8.27. The lowest BCUT2D eigenvalue weighted by Gasteiger charge is -2.36. The number of nitrogens with one attached hydrogen (secondary N) is 1. The Hall–Kier alpha value is -1.59. The van der Waals surface area contributed by atoms with Gasteiger partial charge in [-0.15, -0.1) is 0 Å². The molecule has 2 aromatic rings. The molecule has 1 N–H and O–H groups in total. The van der Waals surface area contributed by atoms with Gasteiger partial charge in [0.1, 0.15) is 0 Å². The number of H-pyrrole nitrogens is 1. The Labute approximate surface area is 173 Å². The highest BCUT2D eigenvalue weighted by Gasteiger charge is 2.29. The summed E-state index contributed by atoms with van der Waals surface area (Å²) in [7, 11) is 0. The molecule has 3 fully saturated rings. The first-order valence-corrected chi connectivity index (χ1v) is 11.7. The van der Waals surface area contributed by atoms with E-state index in [1.807, 2.05) is 10.6 Å².